The largest absolute Gasteiger partial charge is 0.498 e. The highest BCUT2D eigenvalue weighted by molar-refractivity contribution is 7.97. The van der Waals surface area contributed by atoms with Gasteiger partial charge in [0.25, 0.3) is 0 Å². The van der Waals surface area contributed by atoms with Gasteiger partial charge in [-0.15, -0.1) is 0 Å². The zero-order valence-electron chi connectivity index (χ0n) is 17.2. The monoisotopic (exact) mass is 399 g/mol. The zero-order valence-corrected chi connectivity index (χ0v) is 18.0. The second-order valence-corrected chi connectivity index (χ2v) is 8.86. The van der Waals surface area contributed by atoms with E-state index in [2.05, 4.69) is 4.72 Å². The molecule has 1 aliphatic rings. The number of hydrogen-bond donors (Lipinski definition) is 1. The SMILES string of the molecule is CNSc1ccc(Oc2ccc(C(C)=O)cc2)c(B2OC(C)(C)C(C)(C)O2)c1. The van der Waals surface area contributed by atoms with E-state index in [4.69, 9.17) is 14.0 Å². The predicted molar refractivity (Wildman–Crippen MR) is 114 cm³/mol. The summed E-state index contributed by atoms with van der Waals surface area (Å²) in [6, 6.07) is 13.0. The van der Waals surface area contributed by atoms with Gasteiger partial charge in [0.1, 0.15) is 11.5 Å². The van der Waals surface area contributed by atoms with Crippen molar-refractivity contribution < 1.29 is 18.8 Å². The summed E-state index contributed by atoms with van der Waals surface area (Å²) in [7, 11) is 1.34. The van der Waals surface area contributed by atoms with Crippen LogP contribution in [-0.4, -0.2) is 31.2 Å². The van der Waals surface area contributed by atoms with Gasteiger partial charge in [-0.05, 0) is 96.1 Å². The molecule has 0 aliphatic carbocycles. The highest BCUT2D eigenvalue weighted by Gasteiger charge is 2.52. The van der Waals surface area contributed by atoms with E-state index in [9.17, 15) is 4.79 Å². The van der Waals surface area contributed by atoms with Crippen molar-refractivity contribution in [2.75, 3.05) is 7.05 Å². The molecule has 0 radical (unpaired) electrons. The summed E-state index contributed by atoms with van der Waals surface area (Å²) in [4.78, 5) is 12.5. The van der Waals surface area contributed by atoms with Gasteiger partial charge in [-0.25, -0.2) is 0 Å². The summed E-state index contributed by atoms with van der Waals surface area (Å²) < 4.78 is 21.7. The van der Waals surface area contributed by atoms with Crippen molar-refractivity contribution in [2.45, 2.75) is 50.7 Å². The smallest absolute Gasteiger partial charge is 0.458 e. The van der Waals surface area contributed by atoms with Gasteiger partial charge in [-0.2, -0.15) is 0 Å². The van der Waals surface area contributed by atoms with E-state index >= 15 is 0 Å². The van der Waals surface area contributed by atoms with Gasteiger partial charge in [0.15, 0.2) is 5.78 Å². The maximum Gasteiger partial charge on any atom is 0.498 e. The van der Waals surface area contributed by atoms with Gasteiger partial charge in [0.05, 0.1) is 11.2 Å². The quantitative estimate of drug-likeness (QED) is 0.446. The number of hydrogen-bond acceptors (Lipinski definition) is 6. The molecule has 0 amide bonds. The van der Waals surface area contributed by atoms with Crippen LogP contribution in [0.25, 0.3) is 0 Å². The molecule has 0 aromatic heterocycles. The lowest BCUT2D eigenvalue weighted by atomic mass is 9.78. The Hall–Kier alpha value is -1.80. The van der Waals surface area contributed by atoms with Crippen LogP contribution in [0.4, 0.5) is 0 Å². The van der Waals surface area contributed by atoms with Crippen molar-refractivity contribution in [1.82, 2.24) is 4.72 Å². The van der Waals surface area contributed by atoms with Crippen molar-refractivity contribution in [3.8, 4) is 11.5 Å². The maximum absolute atomic E-state index is 11.5. The Labute approximate surface area is 171 Å². The first-order valence-electron chi connectivity index (χ1n) is 9.25. The number of benzene rings is 2. The molecular weight excluding hydrogens is 373 g/mol. The van der Waals surface area contributed by atoms with Crippen LogP contribution in [0.2, 0.25) is 0 Å². The summed E-state index contributed by atoms with van der Waals surface area (Å²) in [5.41, 5.74) is 0.600. The Morgan fingerprint density at radius 1 is 1.04 bits per heavy atom. The minimum absolute atomic E-state index is 0.0258. The first-order valence-corrected chi connectivity index (χ1v) is 10.1. The molecule has 0 saturated carbocycles. The molecule has 0 bridgehead atoms. The second kappa shape index (κ2) is 7.91. The van der Waals surface area contributed by atoms with E-state index < -0.39 is 18.3 Å². The number of carbonyl (C=O) groups excluding carboxylic acids is 1. The van der Waals surface area contributed by atoms with Crippen molar-refractivity contribution in [3.63, 3.8) is 0 Å². The molecule has 0 atom stereocenters. The average Bonchev–Trinajstić information content (AvgIpc) is 2.84. The third kappa shape index (κ3) is 4.28. The molecular formula is C21H26BNO4S. The molecule has 1 heterocycles. The van der Waals surface area contributed by atoms with E-state index in [0.29, 0.717) is 17.1 Å². The van der Waals surface area contributed by atoms with E-state index in [1.165, 1.54) is 11.9 Å². The Balaban J connectivity index is 1.94. The Morgan fingerprint density at radius 2 is 1.64 bits per heavy atom. The molecule has 7 heteroatoms. The van der Waals surface area contributed by atoms with Gasteiger partial charge < -0.3 is 14.0 Å². The summed E-state index contributed by atoms with van der Waals surface area (Å²) >= 11 is 1.51. The van der Waals surface area contributed by atoms with Crippen LogP contribution in [0.1, 0.15) is 45.0 Å². The highest BCUT2D eigenvalue weighted by atomic mass is 32.2. The predicted octanol–water partition coefficient (Wildman–Crippen LogP) is 4.21. The van der Waals surface area contributed by atoms with Gasteiger partial charge in [-0.3, -0.25) is 9.52 Å². The molecule has 1 aliphatic heterocycles. The summed E-state index contributed by atoms with van der Waals surface area (Å²) in [5.74, 6) is 1.34. The van der Waals surface area contributed by atoms with Gasteiger partial charge >= 0.3 is 7.12 Å². The lowest BCUT2D eigenvalue weighted by Gasteiger charge is -2.32. The number of ketones is 1. The fourth-order valence-electron chi connectivity index (χ4n) is 2.84. The minimum atomic E-state index is -0.533. The number of Topliss-reactive ketones (excluding diaryl/α,β-unsaturated/α-hetero) is 1. The first kappa shape index (κ1) is 20.9. The molecule has 28 heavy (non-hydrogen) atoms. The molecule has 1 N–H and O–H groups in total. The number of ether oxygens (including phenoxy) is 1. The van der Waals surface area contributed by atoms with E-state index in [-0.39, 0.29) is 5.78 Å². The van der Waals surface area contributed by atoms with Crippen LogP contribution in [-0.2, 0) is 9.31 Å². The van der Waals surface area contributed by atoms with Crippen molar-refractivity contribution in [3.05, 3.63) is 48.0 Å². The number of carbonyl (C=O) groups is 1. The summed E-state index contributed by atoms with van der Waals surface area (Å²) in [6.45, 7) is 9.66. The van der Waals surface area contributed by atoms with Crippen LogP contribution in [0.15, 0.2) is 47.4 Å². The van der Waals surface area contributed by atoms with Gasteiger partial charge in [0.2, 0.25) is 0 Å². The molecule has 1 saturated heterocycles. The lowest BCUT2D eigenvalue weighted by Crippen LogP contribution is -2.41. The zero-order chi connectivity index (χ0) is 20.5. The van der Waals surface area contributed by atoms with Gasteiger partial charge in [-0.1, -0.05) is 0 Å². The maximum atomic E-state index is 11.5. The fourth-order valence-corrected chi connectivity index (χ4v) is 3.40. The number of rotatable bonds is 6. The first-order chi connectivity index (χ1) is 13.1. The van der Waals surface area contributed by atoms with E-state index in [0.717, 1.165) is 10.4 Å². The molecule has 2 aromatic carbocycles. The van der Waals surface area contributed by atoms with Crippen LogP contribution in [0, 0.1) is 0 Å². The Bertz CT molecular complexity index is 851. The highest BCUT2D eigenvalue weighted by Crippen LogP contribution is 2.38. The second-order valence-electron chi connectivity index (χ2n) is 7.78. The van der Waals surface area contributed by atoms with Crippen molar-refractivity contribution in [2.24, 2.45) is 0 Å². The molecule has 2 aromatic rings. The summed E-state index contributed by atoms with van der Waals surface area (Å²) in [5, 5.41) is 0. The minimum Gasteiger partial charge on any atom is -0.458 e. The molecule has 5 nitrogen and oxygen atoms in total. The normalized spacial score (nSPS) is 17.6. The molecule has 3 rings (SSSR count). The van der Waals surface area contributed by atoms with Crippen LogP contribution < -0.4 is 14.9 Å². The average molecular weight is 399 g/mol. The topological polar surface area (TPSA) is 56.8 Å². The lowest BCUT2D eigenvalue weighted by molar-refractivity contribution is 0.00578. The summed E-state index contributed by atoms with van der Waals surface area (Å²) in [6.07, 6.45) is 0. The Kier molecular flexibility index (Phi) is 5.91. The molecule has 0 spiro atoms. The Morgan fingerprint density at radius 3 is 2.18 bits per heavy atom. The van der Waals surface area contributed by atoms with E-state index in [1.807, 2.05) is 52.9 Å². The van der Waals surface area contributed by atoms with Crippen molar-refractivity contribution in [1.29, 1.82) is 0 Å². The standard InChI is InChI=1S/C21H26BNO4S/c1-14(24)15-7-9-16(10-8-15)25-19-12-11-17(28-23-6)13-18(19)22-26-20(2,3)21(4,5)27-22/h7-13,23H,1-6H3. The third-order valence-electron chi connectivity index (χ3n) is 5.20. The van der Waals surface area contributed by atoms with Crippen molar-refractivity contribution >= 4 is 30.3 Å². The van der Waals surface area contributed by atoms with Gasteiger partial charge in [0, 0.05) is 15.9 Å². The molecule has 0 unspecified atom stereocenters. The third-order valence-corrected chi connectivity index (χ3v) is 5.89. The van der Waals surface area contributed by atoms with E-state index in [1.54, 1.807) is 31.2 Å². The van der Waals surface area contributed by atoms with Crippen LogP contribution in [0.5, 0.6) is 11.5 Å². The molecule has 1 fully saturated rings. The fraction of sp³-hybridized carbons (Fsp3) is 0.381. The van der Waals surface area contributed by atoms with Crippen LogP contribution >= 0.6 is 11.9 Å². The van der Waals surface area contributed by atoms with Crippen LogP contribution in [0.3, 0.4) is 0 Å². The molecule has 148 valence electrons. The number of nitrogens with one attached hydrogen (secondary N) is 1.